The molecule has 1 fully saturated rings. The molecule has 2 aliphatic heterocycles. The number of hydrogen-bond acceptors (Lipinski definition) is 8. The number of imide groups is 1. The molecule has 2 heterocycles. The molecule has 3 amide bonds. The molecular formula is C28H26ClN3O7. The van der Waals surface area contributed by atoms with Gasteiger partial charge >= 0.3 is 12.2 Å². The molecule has 1 unspecified atom stereocenters. The van der Waals surface area contributed by atoms with Gasteiger partial charge in [0.15, 0.2) is 0 Å². The average molecular weight is 552 g/mol. The van der Waals surface area contributed by atoms with Crippen LogP contribution in [-0.2, 0) is 14.2 Å². The number of halogens is 1. The van der Waals surface area contributed by atoms with E-state index in [0.29, 0.717) is 33.1 Å². The molecule has 5 rings (SSSR count). The first-order chi connectivity index (χ1) is 18.7. The lowest BCUT2D eigenvalue weighted by atomic mass is 9.90. The second-order valence-electron chi connectivity index (χ2n) is 9.41. The fourth-order valence-corrected chi connectivity index (χ4v) is 4.72. The van der Waals surface area contributed by atoms with Gasteiger partial charge in [0, 0.05) is 11.1 Å². The fraction of sp³-hybridized carbons (Fsp3) is 0.286. The molecule has 0 bridgehead atoms. The van der Waals surface area contributed by atoms with Crippen LogP contribution < -0.4 is 10.6 Å². The molecule has 1 atom stereocenters. The number of hydrogen-bond donors (Lipinski definition) is 2. The summed E-state index contributed by atoms with van der Waals surface area (Å²) in [6.07, 6.45) is 0.130. The number of alkyl carbamates (subject to hydrolysis) is 1. The van der Waals surface area contributed by atoms with Crippen molar-refractivity contribution in [2.24, 2.45) is 0 Å². The second-order valence-corrected chi connectivity index (χ2v) is 9.84. The van der Waals surface area contributed by atoms with Crippen LogP contribution in [0.15, 0.2) is 71.4 Å². The molecule has 10 nitrogen and oxygen atoms in total. The third-order valence-electron chi connectivity index (χ3n) is 6.53. The lowest BCUT2D eigenvalue weighted by Crippen LogP contribution is -2.34. The van der Waals surface area contributed by atoms with Crippen LogP contribution in [0.5, 0.6) is 0 Å². The Balaban J connectivity index is 1.29. The number of fused-ring (bicyclic) bond motifs is 1. The molecule has 1 aliphatic carbocycles. The maximum absolute atomic E-state index is 12.8. The Kier molecular flexibility index (Phi) is 7.30. The lowest BCUT2D eigenvalue weighted by molar-refractivity contribution is 0.0492. The van der Waals surface area contributed by atoms with Gasteiger partial charge in [-0.15, -0.1) is 0 Å². The SMILES string of the molecule is CC1=C(OC(=O)NC2CC2)C(c2cccc(Cl)c2)C(OC(=O)OCCN2C(=O)c3ccccc3C2=O)=C(C)N1. The van der Waals surface area contributed by atoms with Crippen LogP contribution in [0.2, 0.25) is 5.02 Å². The lowest BCUT2D eigenvalue weighted by Gasteiger charge is -2.30. The molecule has 3 aliphatic rings. The minimum Gasteiger partial charge on any atom is -0.432 e. The highest BCUT2D eigenvalue weighted by molar-refractivity contribution is 6.30. The topological polar surface area (TPSA) is 123 Å². The summed E-state index contributed by atoms with van der Waals surface area (Å²) in [6, 6.07) is 13.5. The molecule has 11 heteroatoms. The van der Waals surface area contributed by atoms with Crippen molar-refractivity contribution in [3.8, 4) is 0 Å². The van der Waals surface area contributed by atoms with Gasteiger partial charge in [-0.3, -0.25) is 14.5 Å². The standard InChI is InChI=1S/C28H26ClN3O7/c1-15-23(38-27(35)31-19-10-11-19)22(17-6-5-7-18(29)14-17)24(16(2)30-15)39-28(36)37-13-12-32-25(33)20-8-3-4-9-21(20)26(32)34/h3-9,14,19,22,30H,10-13H2,1-2H3,(H,31,35). The molecule has 202 valence electrons. The van der Waals surface area contributed by atoms with E-state index in [9.17, 15) is 19.2 Å². The summed E-state index contributed by atoms with van der Waals surface area (Å²) in [5.41, 5.74) is 2.32. The van der Waals surface area contributed by atoms with E-state index in [0.717, 1.165) is 17.7 Å². The highest BCUT2D eigenvalue weighted by Crippen LogP contribution is 2.40. The molecule has 2 aromatic rings. The van der Waals surface area contributed by atoms with E-state index in [-0.39, 0.29) is 30.7 Å². The van der Waals surface area contributed by atoms with E-state index in [4.69, 9.17) is 25.8 Å². The Bertz CT molecular complexity index is 1390. The van der Waals surface area contributed by atoms with E-state index in [1.54, 1.807) is 62.4 Å². The van der Waals surface area contributed by atoms with Crippen LogP contribution >= 0.6 is 11.6 Å². The van der Waals surface area contributed by atoms with Crippen molar-refractivity contribution in [2.75, 3.05) is 13.2 Å². The molecule has 0 saturated heterocycles. The molecular weight excluding hydrogens is 526 g/mol. The minimum atomic E-state index is -1.05. The van der Waals surface area contributed by atoms with Crippen molar-refractivity contribution in [1.82, 2.24) is 15.5 Å². The molecule has 2 N–H and O–H groups in total. The molecule has 39 heavy (non-hydrogen) atoms. The zero-order valence-electron chi connectivity index (χ0n) is 21.3. The first-order valence-electron chi connectivity index (χ1n) is 12.4. The van der Waals surface area contributed by atoms with Crippen LogP contribution in [-0.4, -0.2) is 48.2 Å². The third-order valence-corrected chi connectivity index (χ3v) is 6.76. The minimum absolute atomic E-state index is 0.0877. The van der Waals surface area contributed by atoms with Gasteiger partial charge in [0.1, 0.15) is 24.0 Å². The quantitative estimate of drug-likeness (QED) is 0.370. The van der Waals surface area contributed by atoms with Crippen molar-refractivity contribution in [3.05, 3.63) is 93.2 Å². The monoisotopic (exact) mass is 551 g/mol. The van der Waals surface area contributed by atoms with Crippen molar-refractivity contribution in [3.63, 3.8) is 0 Å². The largest absolute Gasteiger partial charge is 0.513 e. The third kappa shape index (κ3) is 5.61. The Morgan fingerprint density at radius 1 is 0.974 bits per heavy atom. The Hall–Kier alpha value is -4.31. The van der Waals surface area contributed by atoms with E-state index in [2.05, 4.69) is 10.6 Å². The summed E-state index contributed by atoms with van der Waals surface area (Å²) in [6.45, 7) is 3.06. The summed E-state index contributed by atoms with van der Waals surface area (Å²) >= 11 is 6.25. The summed E-state index contributed by atoms with van der Waals surface area (Å²) in [4.78, 5) is 51.4. The maximum atomic E-state index is 12.8. The zero-order valence-corrected chi connectivity index (χ0v) is 22.0. The van der Waals surface area contributed by atoms with Gasteiger partial charge in [-0.2, -0.15) is 0 Å². The van der Waals surface area contributed by atoms with Crippen molar-refractivity contribution >= 4 is 35.7 Å². The predicted octanol–water partition coefficient (Wildman–Crippen LogP) is 4.83. The van der Waals surface area contributed by atoms with Crippen LogP contribution in [0.25, 0.3) is 0 Å². The van der Waals surface area contributed by atoms with Gasteiger partial charge in [0.05, 0.1) is 29.1 Å². The average Bonchev–Trinajstić information content (AvgIpc) is 3.68. The van der Waals surface area contributed by atoms with Gasteiger partial charge in [-0.25, -0.2) is 9.59 Å². The highest BCUT2D eigenvalue weighted by Gasteiger charge is 2.37. The van der Waals surface area contributed by atoms with Gasteiger partial charge in [0.25, 0.3) is 11.8 Å². The Morgan fingerprint density at radius 3 is 2.23 bits per heavy atom. The van der Waals surface area contributed by atoms with E-state index < -0.39 is 30.0 Å². The van der Waals surface area contributed by atoms with Crippen LogP contribution in [0.4, 0.5) is 9.59 Å². The summed E-state index contributed by atoms with van der Waals surface area (Å²) < 4.78 is 16.6. The first-order valence-corrected chi connectivity index (χ1v) is 12.8. The predicted molar refractivity (Wildman–Crippen MR) is 140 cm³/mol. The summed E-state index contributed by atoms with van der Waals surface area (Å²) in [5, 5.41) is 6.32. The van der Waals surface area contributed by atoms with E-state index >= 15 is 0 Å². The molecule has 2 aromatic carbocycles. The summed E-state index contributed by atoms with van der Waals surface area (Å²) in [7, 11) is 0. The molecule has 0 radical (unpaired) electrons. The normalized spacial score (nSPS) is 18.5. The number of ether oxygens (including phenoxy) is 3. The van der Waals surface area contributed by atoms with Gasteiger partial charge in [-0.05, 0) is 56.5 Å². The van der Waals surface area contributed by atoms with Crippen molar-refractivity contribution < 1.29 is 33.4 Å². The molecule has 0 spiro atoms. The van der Waals surface area contributed by atoms with Gasteiger partial charge < -0.3 is 24.8 Å². The van der Waals surface area contributed by atoms with Crippen LogP contribution in [0, 0.1) is 0 Å². The van der Waals surface area contributed by atoms with Gasteiger partial charge in [0.2, 0.25) is 0 Å². The van der Waals surface area contributed by atoms with Crippen molar-refractivity contribution in [1.29, 1.82) is 0 Å². The zero-order chi connectivity index (χ0) is 27.7. The van der Waals surface area contributed by atoms with E-state index in [1.165, 1.54) is 0 Å². The summed E-state index contributed by atoms with van der Waals surface area (Å²) in [5.74, 6) is -1.28. The number of amides is 3. The fourth-order valence-electron chi connectivity index (χ4n) is 4.52. The maximum Gasteiger partial charge on any atom is 0.513 e. The number of rotatable bonds is 7. The molecule has 1 saturated carbocycles. The van der Waals surface area contributed by atoms with Crippen molar-refractivity contribution in [2.45, 2.75) is 38.6 Å². The number of allylic oxidation sites excluding steroid dienone is 2. The van der Waals surface area contributed by atoms with Crippen LogP contribution in [0.3, 0.4) is 0 Å². The second kappa shape index (κ2) is 10.8. The van der Waals surface area contributed by atoms with E-state index in [1.807, 2.05) is 0 Å². The smallest absolute Gasteiger partial charge is 0.432 e. The van der Waals surface area contributed by atoms with Gasteiger partial charge in [-0.1, -0.05) is 35.9 Å². The molecule has 0 aromatic heterocycles. The Labute approximate surface area is 229 Å². The Morgan fingerprint density at radius 2 is 1.62 bits per heavy atom. The highest BCUT2D eigenvalue weighted by atomic mass is 35.5. The number of benzene rings is 2. The number of carbonyl (C=O) groups is 4. The number of nitrogens with zero attached hydrogens (tertiary/aromatic N) is 1. The van der Waals surface area contributed by atoms with Crippen LogP contribution in [0.1, 0.15) is 58.9 Å². The number of carbonyl (C=O) groups excluding carboxylic acids is 4. The first kappa shape index (κ1) is 26.3. The number of dihydropyridines is 1. The number of nitrogens with one attached hydrogen (secondary N) is 2.